The first-order chi connectivity index (χ1) is 9.45. The van der Waals surface area contributed by atoms with Gasteiger partial charge in [0.05, 0.1) is 13.0 Å². The summed E-state index contributed by atoms with van der Waals surface area (Å²) < 4.78 is 4.97. The number of hydrogen-bond acceptors (Lipinski definition) is 3. The monoisotopic (exact) mass is 274 g/mol. The van der Waals surface area contributed by atoms with E-state index in [0.717, 1.165) is 29.5 Å². The maximum atomic E-state index is 12.7. The van der Waals surface area contributed by atoms with Crippen LogP contribution in [0.25, 0.3) is 0 Å². The highest BCUT2D eigenvalue weighted by atomic mass is 16.5. The van der Waals surface area contributed by atoms with E-state index < -0.39 is 0 Å². The van der Waals surface area contributed by atoms with E-state index in [1.165, 1.54) is 11.1 Å². The van der Waals surface area contributed by atoms with Gasteiger partial charge in [-0.2, -0.15) is 0 Å². The average molecular weight is 274 g/mol. The van der Waals surface area contributed by atoms with E-state index in [1.54, 1.807) is 6.92 Å². The molecule has 1 atom stereocenters. The molecule has 0 saturated carbocycles. The van der Waals surface area contributed by atoms with Crippen LogP contribution in [-0.2, 0) is 16.0 Å². The number of aryl methyl sites for hydroxylation is 2. The molecule has 0 radical (unpaired) electrons. The fraction of sp³-hybridized carbons (Fsp3) is 0.529. The lowest BCUT2D eigenvalue weighted by Gasteiger charge is -2.26. The minimum atomic E-state index is -0.267. The van der Waals surface area contributed by atoms with E-state index in [0.29, 0.717) is 6.61 Å². The molecule has 0 fully saturated rings. The maximum absolute atomic E-state index is 12.7. The van der Waals surface area contributed by atoms with E-state index in [9.17, 15) is 9.59 Å². The molecule has 1 aliphatic carbocycles. The summed E-state index contributed by atoms with van der Waals surface area (Å²) in [5.74, 6) is -0.374. The topological polar surface area (TPSA) is 43.4 Å². The predicted molar refractivity (Wildman–Crippen MR) is 78.0 cm³/mol. The quantitative estimate of drug-likeness (QED) is 0.794. The third-order valence-corrected chi connectivity index (χ3v) is 4.26. The Bertz CT molecular complexity index is 558. The Hall–Kier alpha value is -1.64. The van der Waals surface area contributed by atoms with Crippen LogP contribution in [-0.4, -0.2) is 18.4 Å². The van der Waals surface area contributed by atoms with Crippen LogP contribution in [0.5, 0.6) is 0 Å². The molecule has 20 heavy (non-hydrogen) atoms. The van der Waals surface area contributed by atoms with Crippen LogP contribution in [0.2, 0.25) is 0 Å². The minimum absolute atomic E-state index is 0.114. The number of rotatable bonds is 3. The molecule has 0 N–H and O–H groups in total. The Morgan fingerprint density at radius 1 is 1.30 bits per heavy atom. The van der Waals surface area contributed by atoms with Crippen LogP contribution in [0.15, 0.2) is 6.07 Å². The van der Waals surface area contributed by atoms with Crippen LogP contribution in [0.1, 0.15) is 52.4 Å². The average Bonchev–Trinajstić information content (AvgIpc) is 2.38. The van der Waals surface area contributed by atoms with Crippen molar-refractivity contribution in [3.63, 3.8) is 0 Å². The first kappa shape index (κ1) is 14.8. The van der Waals surface area contributed by atoms with Crippen LogP contribution in [0, 0.1) is 26.7 Å². The first-order valence-corrected chi connectivity index (χ1v) is 7.25. The first-order valence-electron chi connectivity index (χ1n) is 7.25. The zero-order valence-electron chi connectivity index (χ0n) is 12.7. The molecule has 0 bridgehead atoms. The smallest absolute Gasteiger partial charge is 0.306 e. The minimum Gasteiger partial charge on any atom is -0.466 e. The molecule has 108 valence electrons. The number of esters is 1. The van der Waals surface area contributed by atoms with E-state index in [1.807, 2.05) is 13.8 Å². The summed E-state index contributed by atoms with van der Waals surface area (Å²) in [6.45, 7) is 8.24. The van der Waals surface area contributed by atoms with Crippen LogP contribution in [0.3, 0.4) is 0 Å². The molecule has 0 amide bonds. The Balaban J connectivity index is 2.31. The van der Waals surface area contributed by atoms with Crippen molar-refractivity contribution in [1.82, 2.24) is 0 Å². The van der Waals surface area contributed by atoms with E-state index in [-0.39, 0.29) is 24.1 Å². The summed E-state index contributed by atoms with van der Waals surface area (Å²) in [5, 5.41) is 0. The number of ether oxygens (including phenoxy) is 1. The van der Waals surface area contributed by atoms with Crippen molar-refractivity contribution in [2.24, 2.45) is 5.92 Å². The summed E-state index contributed by atoms with van der Waals surface area (Å²) in [5.41, 5.74) is 5.41. The van der Waals surface area contributed by atoms with Gasteiger partial charge in [-0.05, 0) is 62.8 Å². The van der Waals surface area contributed by atoms with Crippen LogP contribution < -0.4 is 0 Å². The zero-order valence-corrected chi connectivity index (χ0v) is 12.7. The number of carbonyl (C=O) groups excluding carboxylic acids is 2. The van der Waals surface area contributed by atoms with Gasteiger partial charge < -0.3 is 4.74 Å². The summed E-state index contributed by atoms with van der Waals surface area (Å²) in [7, 11) is 0. The van der Waals surface area contributed by atoms with Gasteiger partial charge in [0, 0.05) is 11.5 Å². The van der Waals surface area contributed by atoms with Crippen molar-refractivity contribution in [3.05, 3.63) is 33.9 Å². The standard InChI is InChI=1S/C17H22O3/c1-5-20-15(18)9-13-6-7-14-11(3)8-10(2)12(4)16(14)17(13)19/h8,13H,5-7,9H2,1-4H3. The lowest BCUT2D eigenvalue weighted by molar-refractivity contribution is -0.144. The Labute approximate surface area is 120 Å². The largest absolute Gasteiger partial charge is 0.466 e. The molecule has 0 aromatic heterocycles. The summed E-state index contributed by atoms with van der Waals surface area (Å²) in [6, 6.07) is 2.15. The maximum Gasteiger partial charge on any atom is 0.306 e. The molecule has 0 spiro atoms. The van der Waals surface area contributed by atoms with Gasteiger partial charge in [0.1, 0.15) is 0 Å². The third kappa shape index (κ3) is 2.62. The van der Waals surface area contributed by atoms with Crippen molar-refractivity contribution >= 4 is 11.8 Å². The molecule has 0 saturated heterocycles. The van der Waals surface area contributed by atoms with Gasteiger partial charge in [-0.1, -0.05) is 6.07 Å². The van der Waals surface area contributed by atoms with Crippen molar-refractivity contribution < 1.29 is 14.3 Å². The Kier molecular flexibility index (Phi) is 4.26. The molecule has 0 aliphatic heterocycles. The number of Topliss-reactive ketones (excluding diaryl/α,β-unsaturated/α-hetero) is 1. The SMILES string of the molecule is CCOC(=O)CC1CCc2c(C)cc(C)c(C)c2C1=O. The number of carbonyl (C=O) groups is 2. The van der Waals surface area contributed by atoms with E-state index in [2.05, 4.69) is 13.0 Å². The molecular formula is C17H22O3. The van der Waals surface area contributed by atoms with Crippen molar-refractivity contribution in [2.75, 3.05) is 6.61 Å². The molecule has 1 aromatic rings. The van der Waals surface area contributed by atoms with Gasteiger partial charge in [0.25, 0.3) is 0 Å². The third-order valence-electron chi connectivity index (χ3n) is 4.26. The fourth-order valence-corrected chi connectivity index (χ4v) is 3.07. The summed E-state index contributed by atoms with van der Waals surface area (Å²) in [4.78, 5) is 24.3. The Morgan fingerprint density at radius 3 is 2.65 bits per heavy atom. The van der Waals surface area contributed by atoms with Gasteiger partial charge in [-0.25, -0.2) is 0 Å². The second-order valence-electron chi connectivity index (χ2n) is 5.60. The molecule has 3 heteroatoms. The van der Waals surface area contributed by atoms with E-state index >= 15 is 0 Å². The van der Waals surface area contributed by atoms with Gasteiger partial charge >= 0.3 is 5.97 Å². The fourth-order valence-electron chi connectivity index (χ4n) is 3.07. The van der Waals surface area contributed by atoms with Crippen molar-refractivity contribution in [1.29, 1.82) is 0 Å². The molecular weight excluding hydrogens is 252 g/mol. The Morgan fingerprint density at radius 2 is 2.00 bits per heavy atom. The van der Waals surface area contributed by atoms with Crippen molar-refractivity contribution in [3.8, 4) is 0 Å². The second-order valence-corrected chi connectivity index (χ2v) is 5.60. The molecule has 0 heterocycles. The lowest BCUT2D eigenvalue weighted by atomic mass is 9.77. The van der Waals surface area contributed by atoms with Crippen LogP contribution >= 0.6 is 0 Å². The zero-order chi connectivity index (χ0) is 14.9. The summed E-state index contributed by atoms with van der Waals surface area (Å²) >= 11 is 0. The highest BCUT2D eigenvalue weighted by Crippen LogP contribution is 2.33. The molecule has 1 aliphatic rings. The number of fused-ring (bicyclic) bond motifs is 1. The normalized spacial score (nSPS) is 17.8. The highest BCUT2D eigenvalue weighted by molar-refractivity contribution is 6.03. The van der Waals surface area contributed by atoms with Crippen molar-refractivity contribution in [2.45, 2.75) is 47.0 Å². The molecule has 3 nitrogen and oxygen atoms in total. The second kappa shape index (κ2) is 5.78. The van der Waals surface area contributed by atoms with Gasteiger partial charge in [-0.3, -0.25) is 9.59 Å². The van der Waals surface area contributed by atoms with Crippen LogP contribution in [0.4, 0.5) is 0 Å². The molecule has 2 rings (SSSR count). The lowest BCUT2D eigenvalue weighted by Crippen LogP contribution is -2.27. The van der Waals surface area contributed by atoms with Gasteiger partial charge in [-0.15, -0.1) is 0 Å². The highest BCUT2D eigenvalue weighted by Gasteiger charge is 2.31. The van der Waals surface area contributed by atoms with Gasteiger partial charge in [0.15, 0.2) is 5.78 Å². The molecule has 1 aromatic carbocycles. The summed E-state index contributed by atoms with van der Waals surface area (Å²) in [6.07, 6.45) is 1.82. The number of benzene rings is 1. The number of hydrogen-bond donors (Lipinski definition) is 0. The van der Waals surface area contributed by atoms with Gasteiger partial charge in [0.2, 0.25) is 0 Å². The van der Waals surface area contributed by atoms with E-state index in [4.69, 9.17) is 4.74 Å². The molecule has 1 unspecified atom stereocenters. The predicted octanol–water partition coefficient (Wildman–Crippen LogP) is 3.31. The number of ketones is 1.